The van der Waals surface area contributed by atoms with Crippen molar-refractivity contribution in [1.82, 2.24) is 14.9 Å². The highest BCUT2D eigenvalue weighted by Gasteiger charge is 2.31. The largest absolute Gasteiger partial charge is 0.476 e. The lowest BCUT2D eigenvalue weighted by atomic mass is 10.0. The number of benzene rings is 1. The molecule has 1 aromatic carbocycles. The maximum Gasteiger partial charge on any atom is 0.356 e. The van der Waals surface area contributed by atoms with Crippen LogP contribution >= 0.6 is 0 Å². The van der Waals surface area contributed by atoms with Crippen molar-refractivity contribution < 1.29 is 14.7 Å². The lowest BCUT2D eigenvalue weighted by Crippen LogP contribution is -2.31. The van der Waals surface area contributed by atoms with Crippen molar-refractivity contribution in [1.29, 1.82) is 0 Å². The molecule has 0 radical (unpaired) electrons. The van der Waals surface area contributed by atoms with Crippen LogP contribution in [0.3, 0.4) is 0 Å². The molecule has 0 saturated carbocycles. The summed E-state index contributed by atoms with van der Waals surface area (Å²) in [5.74, 6) is -1.37. The first kappa shape index (κ1) is 15.1. The van der Waals surface area contributed by atoms with Gasteiger partial charge in [0.2, 0.25) is 0 Å². The van der Waals surface area contributed by atoms with Gasteiger partial charge < -0.3 is 10.0 Å². The van der Waals surface area contributed by atoms with E-state index in [1.165, 1.54) is 6.20 Å². The summed E-state index contributed by atoms with van der Waals surface area (Å²) in [7, 11) is 0. The van der Waals surface area contributed by atoms with Crippen LogP contribution in [0.2, 0.25) is 0 Å². The van der Waals surface area contributed by atoms with Gasteiger partial charge in [-0.05, 0) is 25.3 Å². The van der Waals surface area contributed by atoms with E-state index in [9.17, 15) is 9.59 Å². The Labute approximate surface area is 133 Å². The number of aromatic nitrogens is 2. The first-order valence-corrected chi connectivity index (χ1v) is 7.49. The number of aromatic carboxylic acids is 1. The first-order chi connectivity index (χ1) is 11.1. The molecule has 1 fully saturated rings. The molecule has 23 heavy (non-hydrogen) atoms. The van der Waals surface area contributed by atoms with Gasteiger partial charge in [-0.1, -0.05) is 29.8 Å². The fourth-order valence-corrected chi connectivity index (χ4v) is 2.93. The van der Waals surface area contributed by atoms with Gasteiger partial charge in [-0.25, -0.2) is 14.8 Å². The van der Waals surface area contributed by atoms with E-state index in [-0.39, 0.29) is 23.3 Å². The standard InChI is InChI=1S/C17H17N3O3/c1-11-4-2-5-12(8-11)15-6-3-7-20(15)16(21)13-9-19-14(10-18-13)17(22)23/h2,4-5,8-10,15H,3,6-7H2,1H3,(H,22,23). The topological polar surface area (TPSA) is 83.4 Å². The van der Waals surface area contributed by atoms with E-state index in [2.05, 4.69) is 16.0 Å². The quantitative estimate of drug-likeness (QED) is 0.941. The molecule has 1 saturated heterocycles. The van der Waals surface area contributed by atoms with Crippen molar-refractivity contribution in [2.24, 2.45) is 0 Å². The molecule has 1 unspecified atom stereocenters. The number of amides is 1. The van der Waals surface area contributed by atoms with Gasteiger partial charge in [-0.2, -0.15) is 0 Å². The minimum atomic E-state index is -1.16. The minimum Gasteiger partial charge on any atom is -0.476 e. The Kier molecular flexibility index (Phi) is 4.06. The van der Waals surface area contributed by atoms with Gasteiger partial charge >= 0.3 is 5.97 Å². The third kappa shape index (κ3) is 3.06. The Morgan fingerprint density at radius 3 is 2.61 bits per heavy atom. The smallest absolute Gasteiger partial charge is 0.356 e. The highest BCUT2D eigenvalue weighted by Crippen LogP contribution is 2.33. The fraction of sp³-hybridized carbons (Fsp3) is 0.294. The molecular weight excluding hydrogens is 294 g/mol. The van der Waals surface area contributed by atoms with Crippen LogP contribution in [-0.2, 0) is 0 Å². The summed E-state index contributed by atoms with van der Waals surface area (Å²) in [6.07, 6.45) is 4.20. The van der Waals surface area contributed by atoms with Gasteiger partial charge in [-0.15, -0.1) is 0 Å². The van der Waals surface area contributed by atoms with Gasteiger partial charge in [0.1, 0.15) is 5.69 Å². The Balaban J connectivity index is 1.84. The molecule has 6 heteroatoms. The number of likely N-dealkylation sites (tertiary alicyclic amines) is 1. The predicted octanol–water partition coefficient (Wildman–Crippen LogP) is 2.46. The zero-order valence-electron chi connectivity index (χ0n) is 12.8. The zero-order valence-corrected chi connectivity index (χ0v) is 12.8. The molecule has 1 amide bonds. The Hall–Kier alpha value is -2.76. The second-order valence-corrected chi connectivity index (χ2v) is 5.66. The highest BCUT2D eigenvalue weighted by molar-refractivity contribution is 5.93. The van der Waals surface area contributed by atoms with Crippen molar-refractivity contribution in [3.05, 3.63) is 59.2 Å². The van der Waals surface area contributed by atoms with Crippen LogP contribution in [0.1, 0.15) is 51.0 Å². The molecule has 0 aliphatic carbocycles. The lowest BCUT2D eigenvalue weighted by molar-refractivity contribution is 0.0683. The van der Waals surface area contributed by atoms with E-state index in [0.717, 1.165) is 30.2 Å². The summed E-state index contributed by atoms with van der Waals surface area (Å²) < 4.78 is 0. The number of hydrogen-bond donors (Lipinski definition) is 1. The number of rotatable bonds is 3. The monoisotopic (exact) mass is 311 g/mol. The molecule has 1 aliphatic rings. The zero-order chi connectivity index (χ0) is 16.4. The van der Waals surface area contributed by atoms with Gasteiger partial charge in [0.25, 0.3) is 5.91 Å². The average molecular weight is 311 g/mol. The highest BCUT2D eigenvalue weighted by atomic mass is 16.4. The van der Waals surface area contributed by atoms with E-state index in [0.29, 0.717) is 6.54 Å². The van der Waals surface area contributed by atoms with Gasteiger partial charge in [0, 0.05) is 6.54 Å². The molecule has 1 aliphatic heterocycles. The lowest BCUT2D eigenvalue weighted by Gasteiger charge is -2.25. The molecule has 1 aromatic heterocycles. The summed E-state index contributed by atoms with van der Waals surface area (Å²) in [6, 6.07) is 8.18. The number of carbonyl (C=O) groups excluding carboxylic acids is 1. The van der Waals surface area contributed by atoms with Crippen molar-refractivity contribution in [2.75, 3.05) is 6.54 Å². The number of hydrogen-bond acceptors (Lipinski definition) is 4. The maximum absolute atomic E-state index is 12.7. The Morgan fingerprint density at radius 1 is 1.22 bits per heavy atom. The van der Waals surface area contributed by atoms with Crippen molar-refractivity contribution in [2.45, 2.75) is 25.8 Å². The Bertz CT molecular complexity index is 743. The van der Waals surface area contributed by atoms with Crippen LogP contribution in [0.15, 0.2) is 36.7 Å². The summed E-state index contributed by atoms with van der Waals surface area (Å²) in [5, 5.41) is 8.84. The van der Waals surface area contributed by atoms with Crippen LogP contribution in [0, 0.1) is 6.92 Å². The summed E-state index contributed by atoms with van der Waals surface area (Å²) in [5.41, 5.74) is 2.28. The number of carboxylic acids is 1. The van der Waals surface area contributed by atoms with Crippen LogP contribution in [0.4, 0.5) is 0 Å². The summed E-state index contributed by atoms with van der Waals surface area (Å²) >= 11 is 0. The van der Waals surface area contributed by atoms with E-state index >= 15 is 0 Å². The van der Waals surface area contributed by atoms with Crippen molar-refractivity contribution >= 4 is 11.9 Å². The molecule has 0 spiro atoms. The molecule has 3 rings (SSSR count). The van der Waals surface area contributed by atoms with Crippen LogP contribution < -0.4 is 0 Å². The number of carboxylic acid groups (broad SMARTS) is 1. The predicted molar refractivity (Wildman–Crippen MR) is 83.2 cm³/mol. The summed E-state index contributed by atoms with van der Waals surface area (Å²) in [4.78, 5) is 33.0. The van der Waals surface area contributed by atoms with Gasteiger partial charge in [0.15, 0.2) is 5.69 Å². The van der Waals surface area contributed by atoms with Crippen molar-refractivity contribution in [3.8, 4) is 0 Å². The van der Waals surface area contributed by atoms with Crippen LogP contribution in [-0.4, -0.2) is 38.4 Å². The van der Waals surface area contributed by atoms with Crippen LogP contribution in [0.25, 0.3) is 0 Å². The molecule has 0 bridgehead atoms. The molecule has 6 nitrogen and oxygen atoms in total. The first-order valence-electron chi connectivity index (χ1n) is 7.49. The SMILES string of the molecule is Cc1cccc(C2CCCN2C(=O)c2cnc(C(=O)O)cn2)c1. The van der Waals surface area contributed by atoms with Crippen LogP contribution in [0.5, 0.6) is 0 Å². The third-order valence-electron chi connectivity index (χ3n) is 4.03. The molecular formula is C17H17N3O3. The minimum absolute atomic E-state index is 0.0309. The number of carbonyl (C=O) groups is 2. The maximum atomic E-state index is 12.7. The molecule has 1 N–H and O–H groups in total. The summed E-state index contributed by atoms with van der Waals surface area (Å²) in [6.45, 7) is 2.69. The molecule has 118 valence electrons. The van der Waals surface area contributed by atoms with E-state index in [1.807, 2.05) is 25.1 Å². The molecule has 1 atom stereocenters. The Morgan fingerprint density at radius 2 is 1.96 bits per heavy atom. The molecule has 2 heterocycles. The van der Waals surface area contributed by atoms with E-state index in [1.54, 1.807) is 4.90 Å². The van der Waals surface area contributed by atoms with Gasteiger partial charge in [-0.3, -0.25) is 4.79 Å². The van der Waals surface area contributed by atoms with Gasteiger partial charge in [0.05, 0.1) is 18.4 Å². The van der Waals surface area contributed by atoms with E-state index < -0.39 is 5.97 Å². The number of nitrogens with zero attached hydrogens (tertiary/aromatic N) is 3. The number of aryl methyl sites for hydroxylation is 1. The fourth-order valence-electron chi connectivity index (χ4n) is 2.93. The average Bonchev–Trinajstić information content (AvgIpc) is 3.04. The third-order valence-corrected chi connectivity index (χ3v) is 4.03. The normalized spacial score (nSPS) is 17.3. The molecule has 2 aromatic rings. The second-order valence-electron chi connectivity index (χ2n) is 5.66. The van der Waals surface area contributed by atoms with E-state index in [4.69, 9.17) is 5.11 Å². The second kappa shape index (κ2) is 6.16. The van der Waals surface area contributed by atoms with Crippen molar-refractivity contribution in [3.63, 3.8) is 0 Å².